The standard InChI is InChI=1S/C17H32O3/c1-3-5-6-7-8-9-10-13-16(20-4-2)17(19)14-11-12-15(17)18/h16,19H,3-14H2,1-2H3. The first-order valence-electron chi connectivity index (χ1n) is 8.52. The molecule has 1 rings (SSSR count). The Morgan fingerprint density at radius 1 is 1.15 bits per heavy atom. The largest absolute Gasteiger partial charge is 0.379 e. The maximum Gasteiger partial charge on any atom is 0.167 e. The summed E-state index contributed by atoms with van der Waals surface area (Å²) in [6.45, 7) is 4.73. The van der Waals surface area contributed by atoms with E-state index >= 15 is 0 Å². The van der Waals surface area contributed by atoms with Crippen LogP contribution >= 0.6 is 0 Å². The van der Waals surface area contributed by atoms with Crippen LogP contribution in [0.3, 0.4) is 0 Å². The number of hydrogen-bond donors (Lipinski definition) is 1. The molecule has 0 aromatic rings. The molecule has 1 aliphatic rings. The SMILES string of the molecule is CCCCCCCCCC(OCC)C1(O)CCCC1=O. The van der Waals surface area contributed by atoms with Crippen molar-refractivity contribution in [1.29, 1.82) is 0 Å². The lowest BCUT2D eigenvalue weighted by Gasteiger charge is -2.31. The Morgan fingerprint density at radius 3 is 2.35 bits per heavy atom. The van der Waals surface area contributed by atoms with Crippen LogP contribution < -0.4 is 0 Å². The second-order valence-corrected chi connectivity index (χ2v) is 6.05. The van der Waals surface area contributed by atoms with E-state index in [1.54, 1.807) is 0 Å². The molecule has 2 unspecified atom stereocenters. The van der Waals surface area contributed by atoms with E-state index < -0.39 is 5.60 Å². The first-order chi connectivity index (χ1) is 9.65. The normalized spacial score (nSPS) is 24.2. The van der Waals surface area contributed by atoms with Crippen molar-refractivity contribution in [3.8, 4) is 0 Å². The molecule has 0 aromatic heterocycles. The number of carbonyl (C=O) groups excluding carboxylic acids is 1. The number of carbonyl (C=O) groups is 1. The predicted molar refractivity (Wildman–Crippen MR) is 81.8 cm³/mol. The Morgan fingerprint density at radius 2 is 1.80 bits per heavy atom. The summed E-state index contributed by atoms with van der Waals surface area (Å²) in [5, 5.41) is 10.5. The zero-order chi connectivity index (χ0) is 14.8. The van der Waals surface area contributed by atoms with Gasteiger partial charge in [-0.3, -0.25) is 4.79 Å². The molecule has 0 heterocycles. The lowest BCUT2D eigenvalue weighted by Crippen LogP contribution is -2.47. The van der Waals surface area contributed by atoms with Crippen LogP contribution in [0, 0.1) is 0 Å². The van der Waals surface area contributed by atoms with Gasteiger partial charge in [-0.05, 0) is 26.2 Å². The third-order valence-electron chi connectivity index (χ3n) is 4.41. The molecule has 20 heavy (non-hydrogen) atoms. The van der Waals surface area contributed by atoms with Gasteiger partial charge in [-0.2, -0.15) is 0 Å². The van der Waals surface area contributed by atoms with Gasteiger partial charge in [-0.15, -0.1) is 0 Å². The van der Waals surface area contributed by atoms with E-state index in [2.05, 4.69) is 6.92 Å². The minimum Gasteiger partial charge on any atom is -0.379 e. The van der Waals surface area contributed by atoms with Gasteiger partial charge in [-0.25, -0.2) is 0 Å². The molecule has 0 radical (unpaired) electrons. The van der Waals surface area contributed by atoms with Gasteiger partial charge in [0.2, 0.25) is 0 Å². The summed E-state index contributed by atoms with van der Waals surface area (Å²) in [4.78, 5) is 11.9. The molecule has 2 atom stereocenters. The van der Waals surface area contributed by atoms with E-state index in [4.69, 9.17) is 4.74 Å². The van der Waals surface area contributed by atoms with Crippen molar-refractivity contribution in [2.75, 3.05) is 6.61 Å². The van der Waals surface area contributed by atoms with Gasteiger partial charge in [0.1, 0.15) is 5.60 Å². The molecule has 1 fully saturated rings. The summed E-state index contributed by atoms with van der Waals surface area (Å²) in [7, 11) is 0. The Labute approximate surface area is 124 Å². The molecular formula is C17H32O3. The van der Waals surface area contributed by atoms with Crippen LogP contribution in [0.4, 0.5) is 0 Å². The van der Waals surface area contributed by atoms with Gasteiger partial charge in [0, 0.05) is 13.0 Å². The lowest BCUT2D eigenvalue weighted by atomic mass is 9.89. The number of ketones is 1. The molecule has 118 valence electrons. The smallest absolute Gasteiger partial charge is 0.167 e. The van der Waals surface area contributed by atoms with Gasteiger partial charge in [-0.1, -0.05) is 51.9 Å². The van der Waals surface area contributed by atoms with Crippen molar-refractivity contribution in [2.45, 2.75) is 96.2 Å². The number of rotatable bonds is 11. The molecule has 0 spiro atoms. The van der Waals surface area contributed by atoms with E-state index in [0.717, 1.165) is 19.3 Å². The zero-order valence-corrected chi connectivity index (χ0v) is 13.3. The molecule has 1 aliphatic carbocycles. The number of Topliss-reactive ketones (excluding diaryl/α,β-unsaturated/α-hetero) is 1. The number of unbranched alkanes of at least 4 members (excludes halogenated alkanes) is 6. The Hall–Kier alpha value is -0.410. The van der Waals surface area contributed by atoms with Crippen LogP contribution in [0.5, 0.6) is 0 Å². The fourth-order valence-electron chi connectivity index (χ4n) is 3.16. The van der Waals surface area contributed by atoms with Crippen LogP contribution in [0.1, 0.15) is 84.5 Å². The highest BCUT2D eigenvalue weighted by Gasteiger charge is 2.46. The van der Waals surface area contributed by atoms with Crippen molar-refractivity contribution < 1.29 is 14.6 Å². The van der Waals surface area contributed by atoms with Crippen molar-refractivity contribution in [3.63, 3.8) is 0 Å². The highest BCUT2D eigenvalue weighted by Crippen LogP contribution is 2.33. The average molecular weight is 284 g/mol. The Balaban J connectivity index is 2.27. The summed E-state index contributed by atoms with van der Waals surface area (Å²) < 4.78 is 5.67. The van der Waals surface area contributed by atoms with Crippen molar-refractivity contribution in [1.82, 2.24) is 0 Å². The molecular weight excluding hydrogens is 252 g/mol. The maximum atomic E-state index is 11.9. The second kappa shape index (κ2) is 9.51. The fourth-order valence-corrected chi connectivity index (χ4v) is 3.16. The summed E-state index contributed by atoms with van der Waals surface area (Å²) in [5.41, 5.74) is -1.20. The van der Waals surface area contributed by atoms with Gasteiger partial charge in [0.05, 0.1) is 6.10 Å². The summed E-state index contributed by atoms with van der Waals surface area (Å²) in [6.07, 6.45) is 11.1. The Bertz CT molecular complexity index is 277. The molecule has 0 amide bonds. The summed E-state index contributed by atoms with van der Waals surface area (Å²) in [5.74, 6) is -0.0149. The molecule has 0 aromatic carbocycles. The van der Waals surface area contributed by atoms with Crippen molar-refractivity contribution in [3.05, 3.63) is 0 Å². The van der Waals surface area contributed by atoms with E-state index in [1.165, 1.54) is 38.5 Å². The maximum absolute atomic E-state index is 11.9. The van der Waals surface area contributed by atoms with Crippen molar-refractivity contribution in [2.24, 2.45) is 0 Å². The highest BCUT2D eigenvalue weighted by molar-refractivity contribution is 5.89. The first kappa shape index (κ1) is 17.6. The number of aliphatic hydroxyl groups is 1. The van der Waals surface area contributed by atoms with Gasteiger partial charge >= 0.3 is 0 Å². The Kier molecular flexibility index (Phi) is 8.39. The number of ether oxygens (including phenoxy) is 1. The quantitative estimate of drug-likeness (QED) is 0.583. The molecule has 1 N–H and O–H groups in total. The van der Waals surface area contributed by atoms with Crippen LogP contribution in [0.2, 0.25) is 0 Å². The van der Waals surface area contributed by atoms with Crippen LogP contribution in [0.15, 0.2) is 0 Å². The predicted octanol–water partition coefficient (Wildman–Crippen LogP) is 4.02. The molecule has 3 nitrogen and oxygen atoms in total. The monoisotopic (exact) mass is 284 g/mol. The van der Waals surface area contributed by atoms with E-state index in [1.807, 2.05) is 6.92 Å². The van der Waals surface area contributed by atoms with Crippen LogP contribution in [-0.4, -0.2) is 29.2 Å². The summed E-state index contributed by atoms with van der Waals surface area (Å²) in [6, 6.07) is 0. The molecule has 1 saturated carbocycles. The molecule has 0 bridgehead atoms. The van der Waals surface area contributed by atoms with Crippen LogP contribution in [-0.2, 0) is 9.53 Å². The molecule has 0 aliphatic heterocycles. The second-order valence-electron chi connectivity index (χ2n) is 6.05. The van der Waals surface area contributed by atoms with Crippen LogP contribution in [0.25, 0.3) is 0 Å². The highest BCUT2D eigenvalue weighted by atomic mass is 16.5. The fraction of sp³-hybridized carbons (Fsp3) is 0.941. The first-order valence-corrected chi connectivity index (χ1v) is 8.52. The minimum atomic E-state index is -1.20. The number of hydrogen-bond acceptors (Lipinski definition) is 3. The summed E-state index contributed by atoms with van der Waals surface area (Å²) >= 11 is 0. The van der Waals surface area contributed by atoms with Crippen molar-refractivity contribution >= 4 is 5.78 Å². The van der Waals surface area contributed by atoms with E-state index in [9.17, 15) is 9.90 Å². The molecule has 0 saturated heterocycles. The van der Waals surface area contributed by atoms with Gasteiger partial charge in [0.15, 0.2) is 5.78 Å². The van der Waals surface area contributed by atoms with E-state index in [-0.39, 0.29) is 11.9 Å². The lowest BCUT2D eigenvalue weighted by molar-refractivity contribution is -0.152. The van der Waals surface area contributed by atoms with E-state index in [0.29, 0.717) is 19.4 Å². The average Bonchev–Trinajstić information content (AvgIpc) is 2.77. The zero-order valence-electron chi connectivity index (χ0n) is 13.3. The minimum absolute atomic E-state index is 0.0149. The van der Waals surface area contributed by atoms with Gasteiger partial charge in [0.25, 0.3) is 0 Å². The third kappa shape index (κ3) is 5.17. The van der Waals surface area contributed by atoms with Gasteiger partial charge < -0.3 is 9.84 Å². The molecule has 3 heteroatoms. The topological polar surface area (TPSA) is 46.5 Å². The third-order valence-corrected chi connectivity index (χ3v) is 4.41.